The van der Waals surface area contributed by atoms with Gasteiger partial charge in [0, 0.05) is 44.2 Å². The number of rotatable bonds is 3. The molecule has 0 spiro atoms. The van der Waals surface area contributed by atoms with E-state index in [0.717, 1.165) is 35.3 Å². The second kappa shape index (κ2) is 7.11. The van der Waals surface area contributed by atoms with Gasteiger partial charge in [-0.25, -0.2) is 9.67 Å². The van der Waals surface area contributed by atoms with E-state index in [-0.39, 0.29) is 17.4 Å². The van der Waals surface area contributed by atoms with E-state index in [4.69, 9.17) is 10.1 Å². The Labute approximate surface area is 172 Å². The molecule has 0 radical (unpaired) electrons. The van der Waals surface area contributed by atoms with E-state index < -0.39 is 0 Å². The van der Waals surface area contributed by atoms with Crippen molar-refractivity contribution in [3.63, 3.8) is 0 Å². The number of carbonyl (C=O) groups is 2. The number of carbonyl (C=O) groups excluding carboxylic acids is 2. The van der Waals surface area contributed by atoms with Gasteiger partial charge in [-0.15, -0.1) is 0 Å². The number of nitrogens with zero attached hydrogens (tertiary/aromatic N) is 5. The zero-order valence-electron chi connectivity index (χ0n) is 18.2. The predicted molar refractivity (Wildman–Crippen MR) is 112 cm³/mol. The van der Waals surface area contributed by atoms with E-state index in [1.165, 1.54) is 0 Å². The Balaban J connectivity index is 1.72. The molecular weight excluding hydrogens is 366 g/mol. The third-order valence-corrected chi connectivity index (χ3v) is 5.92. The Hall–Kier alpha value is -2.44. The Morgan fingerprint density at radius 2 is 1.72 bits per heavy atom. The van der Waals surface area contributed by atoms with Crippen molar-refractivity contribution in [3.05, 3.63) is 23.0 Å². The van der Waals surface area contributed by atoms with Crippen LogP contribution in [0.5, 0.6) is 0 Å². The molecule has 29 heavy (non-hydrogen) atoms. The van der Waals surface area contributed by atoms with Crippen molar-refractivity contribution >= 4 is 22.8 Å². The number of hydrogen-bond acceptors (Lipinski definition) is 4. The maximum atomic E-state index is 13.5. The van der Waals surface area contributed by atoms with Gasteiger partial charge in [-0.3, -0.25) is 9.59 Å². The van der Waals surface area contributed by atoms with Crippen molar-refractivity contribution in [2.75, 3.05) is 26.2 Å². The number of aromatic nitrogens is 3. The van der Waals surface area contributed by atoms with Crippen LogP contribution in [0.1, 0.15) is 74.6 Å². The van der Waals surface area contributed by atoms with Gasteiger partial charge in [-0.2, -0.15) is 5.10 Å². The molecule has 0 bridgehead atoms. The van der Waals surface area contributed by atoms with Gasteiger partial charge < -0.3 is 9.80 Å². The smallest absolute Gasteiger partial charge is 0.254 e. The van der Waals surface area contributed by atoms with Crippen molar-refractivity contribution in [1.82, 2.24) is 24.6 Å². The van der Waals surface area contributed by atoms with Crippen LogP contribution in [0.2, 0.25) is 0 Å². The van der Waals surface area contributed by atoms with E-state index in [1.54, 1.807) is 0 Å². The Kier molecular flexibility index (Phi) is 4.87. The van der Waals surface area contributed by atoms with E-state index in [9.17, 15) is 9.59 Å². The topological polar surface area (TPSA) is 71.3 Å². The lowest BCUT2D eigenvalue weighted by Gasteiger charge is -2.35. The summed E-state index contributed by atoms with van der Waals surface area (Å²) in [5, 5.41) is 5.61. The van der Waals surface area contributed by atoms with Gasteiger partial charge in [0.2, 0.25) is 5.91 Å². The van der Waals surface area contributed by atoms with Gasteiger partial charge in [0.15, 0.2) is 5.65 Å². The summed E-state index contributed by atoms with van der Waals surface area (Å²) in [7, 11) is 0. The summed E-state index contributed by atoms with van der Waals surface area (Å²) in [5.41, 5.74) is 3.15. The minimum absolute atomic E-state index is 0.0273. The monoisotopic (exact) mass is 397 g/mol. The molecule has 2 fully saturated rings. The number of piperazine rings is 1. The average Bonchev–Trinajstić information content (AvgIpc) is 3.49. The molecule has 4 rings (SSSR count). The van der Waals surface area contributed by atoms with Crippen LogP contribution < -0.4 is 0 Å². The van der Waals surface area contributed by atoms with Crippen molar-refractivity contribution in [3.8, 4) is 0 Å². The quantitative estimate of drug-likeness (QED) is 0.798. The van der Waals surface area contributed by atoms with Gasteiger partial charge >= 0.3 is 0 Å². The minimum atomic E-state index is -0.214. The second-order valence-electron chi connectivity index (χ2n) is 9.26. The lowest BCUT2D eigenvalue weighted by Crippen LogP contribution is -2.50. The first kappa shape index (κ1) is 19.9. The molecular formula is C22H31N5O2. The third-order valence-electron chi connectivity index (χ3n) is 5.92. The largest absolute Gasteiger partial charge is 0.339 e. The van der Waals surface area contributed by atoms with Gasteiger partial charge in [0.05, 0.1) is 22.2 Å². The lowest BCUT2D eigenvalue weighted by molar-refractivity contribution is -0.132. The number of hydrogen-bond donors (Lipinski definition) is 0. The first-order chi connectivity index (χ1) is 13.7. The van der Waals surface area contributed by atoms with Crippen molar-refractivity contribution in [2.24, 2.45) is 0 Å². The second-order valence-corrected chi connectivity index (χ2v) is 9.26. The molecule has 2 amide bonds. The van der Waals surface area contributed by atoms with E-state index >= 15 is 0 Å². The zero-order chi connectivity index (χ0) is 20.9. The average molecular weight is 398 g/mol. The number of pyridine rings is 1. The molecule has 0 aromatic carbocycles. The van der Waals surface area contributed by atoms with Crippen molar-refractivity contribution in [2.45, 2.75) is 65.3 Å². The summed E-state index contributed by atoms with van der Waals surface area (Å²) in [5.74, 6) is 0.634. The van der Waals surface area contributed by atoms with Crippen LogP contribution in [0, 0.1) is 6.92 Å². The molecule has 7 nitrogen and oxygen atoms in total. The Bertz CT molecular complexity index is 960. The molecule has 3 heterocycles. The molecule has 1 saturated carbocycles. The molecule has 2 aromatic rings. The maximum Gasteiger partial charge on any atom is 0.254 e. The molecule has 156 valence electrons. The summed E-state index contributed by atoms with van der Waals surface area (Å²) < 4.78 is 1.96. The fraction of sp³-hybridized carbons (Fsp3) is 0.636. The van der Waals surface area contributed by atoms with Crippen molar-refractivity contribution < 1.29 is 9.59 Å². The SMILES string of the molecule is CCC(=O)N1CCN(C(=O)c2cc(C3CC3)nc3c2c(C)nn3C(C)(C)C)CC1. The van der Waals surface area contributed by atoms with Crippen LogP contribution >= 0.6 is 0 Å². The number of fused-ring (bicyclic) bond motifs is 1. The molecule has 1 saturated heterocycles. The van der Waals surface area contributed by atoms with Gasteiger partial charge in [-0.1, -0.05) is 6.92 Å². The maximum absolute atomic E-state index is 13.5. The fourth-order valence-corrected chi connectivity index (χ4v) is 4.09. The number of aryl methyl sites for hydroxylation is 1. The molecule has 7 heteroatoms. The standard InChI is InChI=1S/C22H31N5O2/c1-6-18(28)25-9-11-26(12-10-25)21(29)16-13-17(15-7-8-15)23-20-19(16)14(2)24-27(20)22(3,4)5/h13,15H,6-12H2,1-5H3. The summed E-state index contributed by atoms with van der Waals surface area (Å²) in [6, 6.07) is 1.99. The van der Waals surface area contributed by atoms with Gasteiger partial charge in [-0.05, 0) is 46.6 Å². The summed E-state index contributed by atoms with van der Waals surface area (Å²) >= 11 is 0. The lowest BCUT2D eigenvalue weighted by atomic mass is 10.0. The minimum Gasteiger partial charge on any atom is -0.339 e. The van der Waals surface area contributed by atoms with Crippen LogP contribution in [0.4, 0.5) is 0 Å². The molecule has 0 N–H and O–H groups in total. The van der Waals surface area contributed by atoms with Crippen molar-refractivity contribution in [1.29, 1.82) is 0 Å². The summed E-state index contributed by atoms with van der Waals surface area (Å²) in [4.78, 5) is 34.1. The first-order valence-electron chi connectivity index (χ1n) is 10.7. The summed E-state index contributed by atoms with van der Waals surface area (Å²) in [6.45, 7) is 12.5. The molecule has 2 aromatic heterocycles. The van der Waals surface area contributed by atoms with Crippen LogP contribution in [-0.4, -0.2) is 62.6 Å². The normalized spacial score (nSPS) is 17.8. The van der Waals surface area contributed by atoms with E-state index in [2.05, 4.69) is 20.8 Å². The molecule has 0 atom stereocenters. The van der Waals surface area contributed by atoms with E-state index in [0.29, 0.717) is 44.1 Å². The van der Waals surface area contributed by atoms with Gasteiger partial charge in [0.1, 0.15) is 0 Å². The first-order valence-corrected chi connectivity index (χ1v) is 10.7. The Morgan fingerprint density at radius 3 is 2.28 bits per heavy atom. The highest BCUT2D eigenvalue weighted by molar-refractivity contribution is 6.06. The van der Waals surface area contributed by atoms with E-state index in [1.807, 2.05) is 34.4 Å². The molecule has 1 aliphatic carbocycles. The molecule has 0 unspecified atom stereocenters. The summed E-state index contributed by atoms with van der Waals surface area (Å²) in [6.07, 6.45) is 2.77. The zero-order valence-corrected chi connectivity index (χ0v) is 18.2. The number of amides is 2. The molecule has 1 aliphatic heterocycles. The van der Waals surface area contributed by atoms with Crippen LogP contribution in [0.3, 0.4) is 0 Å². The predicted octanol–water partition coefficient (Wildman–Crippen LogP) is 3.07. The highest BCUT2D eigenvalue weighted by atomic mass is 16.2. The fourth-order valence-electron chi connectivity index (χ4n) is 4.09. The highest BCUT2D eigenvalue weighted by Gasteiger charge is 2.32. The third kappa shape index (κ3) is 3.63. The highest BCUT2D eigenvalue weighted by Crippen LogP contribution is 2.41. The molecule has 2 aliphatic rings. The van der Waals surface area contributed by atoms with Crippen LogP contribution in [0.25, 0.3) is 11.0 Å². The Morgan fingerprint density at radius 1 is 1.10 bits per heavy atom. The van der Waals surface area contributed by atoms with Gasteiger partial charge in [0.25, 0.3) is 5.91 Å². The van der Waals surface area contributed by atoms with Crippen LogP contribution in [-0.2, 0) is 10.3 Å². The van der Waals surface area contributed by atoms with Crippen LogP contribution in [0.15, 0.2) is 6.07 Å².